The number of carbonyl (C=O) groups excluding carboxylic acids is 4. The molecule has 0 spiro atoms. The highest BCUT2D eigenvalue weighted by Gasteiger charge is 2.44. The molecule has 4 aromatic carbocycles. The number of hydrogen-bond donors (Lipinski definition) is 4. The van der Waals surface area contributed by atoms with Crippen LogP contribution in [0.1, 0.15) is 70.2 Å². The van der Waals surface area contributed by atoms with Gasteiger partial charge in [-0.1, -0.05) is 57.2 Å². The Morgan fingerprint density at radius 1 is 0.738 bits per heavy atom. The van der Waals surface area contributed by atoms with Gasteiger partial charge in [-0.3, -0.25) is 9.59 Å². The standard InChI is InChI=1S/C49H58N8O8/c1-26(2)40(54-48(60)63-5)46(58)56-23-27(3)19-38(56)44-50-36-13-9-32-21-30(7-11-34(32)42(36)52-44)31-8-12-35-33(22-31)10-14-37-43(35)53-45(51-37)39-20-28(25-62-4)24-57(39)47(59)41(55-49(61)64-6)29-15-17-65-18-16-29/h7-14,21-22,26-29,38-41H,15-20,23-25H2,1-6H3,(H,50,52)(H,51,53)(H,54,60)(H,55,61). The molecule has 3 aliphatic heterocycles. The summed E-state index contributed by atoms with van der Waals surface area (Å²) in [7, 11) is 4.28. The van der Waals surface area contributed by atoms with E-state index in [1.165, 1.54) is 14.2 Å². The Morgan fingerprint density at radius 3 is 1.85 bits per heavy atom. The number of alkyl carbamates (subject to hydrolysis) is 2. The third-order valence-corrected chi connectivity index (χ3v) is 13.7. The Labute approximate surface area is 377 Å². The summed E-state index contributed by atoms with van der Waals surface area (Å²) in [5, 5.41) is 9.65. The van der Waals surface area contributed by atoms with Gasteiger partial charge in [0.25, 0.3) is 0 Å². The van der Waals surface area contributed by atoms with Crippen molar-refractivity contribution in [2.45, 2.75) is 70.6 Å². The maximum Gasteiger partial charge on any atom is 0.407 e. The normalized spacial score (nSPS) is 21.4. The lowest BCUT2D eigenvalue weighted by Gasteiger charge is -2.34. The third kappa shape index (κ3) is 8.56. The number of likely N-dealkylation sites (tertiary alicyclic amines) is 2. The second-order valence-corrected chi connectivity index (χ2v) is 18.4. The van der Waals surface area contributed by atoms with Crippen molar-refractivity contribution in [2.24, 2.45) is 23.7 Å². The molecule has 6 aromatic rings. The number of hydrogen-bond acceptors (Lipinski definition) is 10. The smallest absolute Gasteiger partial charge is 0.407 e. The largest absolute Gasteiger partial charge is 0.453 e. The van der Waals surface area contributed by atoms with Crippen LogP contribution in [0.25, 0.3) is 54.7 Å². The fourth-order valence-electron chi connectivity index (χ4n) is 10.3. The number of aromatic nitrogens is 4. The average molecular weight is 887 g/mol. The van der Waals surface area contributed by atoms with E-state index in [0.29, 0.717) is 58.0 Å². The van der Waals surface area contributed by atoms with Crippen LogP contribution in [0.3, 0.4) is 0 Å². The van der Waals surface area contributed by atoms with Gasteiger partial charge in [-0.05, 0) is 89.6 Å². The molecule has 0 bridgehead atoms. The second-order valence-electron chi connectivity index (χ2n) is 18.4. The highest BCUT2D eigenvalue weighted by atomic mass is 16.5. The van der Waals surface area contributed by atoms with Gasteiger partial charge in [0.05, 0.1) is 55.0 Å². The van der Waals surface area contributed by atoms with E-state index in [4.69, 9.17) is 28.9 Å². The molecule has 16 heteroatoms. The quantitative estimate of drug-likeness (QED) is 0.102. The van der Waals surface area contributed by atoms with Crippen LogP contribution < -0.4 is 10.6 Å². The Balaban J connectivity index is 0.985. The molecule has 2 aromatic heterocycles. The first-order valence-corrected chi connectivity index (χ1v) is 22.7. The zero-order valence-corrected chi connectivity index (χ0v) is 37.8. The zero-order valence-electron chi connectivity index (χ0n) is 37.8. The number of methoxy groups -OCH3 is 3. The fourth-order valence-corrected chi connectivity index (χ4v) is 10.3. The van der Waals surface area contributed by atoms with Crippen LogP contribution in [0.5, 0.6) is 0 Å². The number of nitrogens with one attached hydrogen (secondary N) is 4. The van der Waals surface area contributed by atoms with Crippen LogP contribution in [-0.4, -0.2) is 120 Å². The third-order valence-electron chi connectivity index (χ3n) is 13.7. The molecule has 16 nitrogen and oxygen atoms in total. The van der Waals surface area contributed by atoms with Crippen molar-refractivity contribution in [1.82, 2.24) is 40.4 Å². The zero-order chi connectivity index (χ0) is 45.5. The van der Waals surface area contributed by atoms with Crippen LogP contribution in [0.15, 0.2) is 60.7 Å². The van der Waals surface area contributed by atoms with Gasteiger partial charge in [-0.2, -0.15) is 0 Å². The summed E-state index contributed by atoms with van der Waals surface area (Å²) in [6.45, 7) is 8.57. The first-order chi connectivity index (χ1) is 31.4. The summed E-state index contributed by atoms with van der Waals surface area (Å²) in [4.78, 5) is 74.1. The Morgan fingerprint density at radius 2 is 1.29 bits per heavy atom. The minimum absolute atomic E-state index is 0.0773. The van der Waals surface area contributed by atoms with Gasteiger partial charge in [0.2, 0.25) is 11.8 Å². The molecule has 0 aliphatic carbocycles. The molecule has 6 unspecified atom stereocenters. The Kier molecular flexibility index (Phi) is 12.4. The summed E-state index contributed by atoms with van der Waals surface area (Å²) in [5.74, 6) is 1.28. The molecular weight excluding hydrogens is 829 g/mol. The van der Waals surface area contributed by atoms with Gasteiger partial charge in [0.15, 0.2) is 0 Å². The summed E-state index contributed by atoms with van der Waals surface area (Å²) in [6.07, 6.45) is 1.49. The molecule has 342 valence electrons. The lowest BCUT2D eigenvalue weighted by Crippen LogP contribution is -2.53. The number of nitrogens with zero attached hydrogens (tertiary/aromatic N) is 4. The number of imidazole rings is 2. The van der Waals surface area contributed by atoms with Gasteiger partial charge in [-0.25, -0.2) is 19.6 Å². The molecular formula is C49H58N8O8. The molecule has 0 saturated carbocycles. The maximum atomic E-state index is 14.5. The Bertz CT molecular complexity index is 2760. The van der Waals surface area contributed by atoms with E-state index in [1.807, 2.05) is 35.8 Å². The predicted molar refractivity (Wildman–Crippen MR) is 246 cm³/mol. The summed E-state index contributed by atoms with van der Waals surface area (Å²) >= 11 is 0. The second kappa shape index (κ2) is 18.3. The molecule has 9 rings (SSSR count). The molecule has 4 amide bonds. The lowest BCUT2D eigenvalue weighted by atomic mass is 9.90. The number of H-pyrrole nitrogens is 2. The van der Waals surface area contributed by atoms with Crippen molar-refractivity contribution < 1.29 is 38.1 Å². The molecule has 3 aliphatic rings. The summed E-state index contributed by atoms with van der Waals surface area (Å²) in [5.41, 5.74) is 5.55. The Hall–Kier alpha value is -6.26. The van der Waals surface area contributed by atoms with Crippen molar-refractivity contribution >= 4 is 67.6 Å². The van der Waals surface area contributed by atoms with E-state index in [-0.39, 0.29) is 47.6 Å². The summed E-state index contributed by atoms with van der Waals surface area (Å²) in [6, 6.07) is 19.0. The van der Waals surface area contributed by atoms with Crippen LogP contribution in [0, 0.1) is 23.7 Å². The number of benzene rings is 4. The number of fused-ring (bicyclic) bond motifs is 6. The fraction of sp³-hybridized carbons (Fsp3) is 0.469. The van der Waals surface area contributed by atoms with E-state index in [1.54, 1.807) is 7.11 Å². The molecule has 5 heterocycles. The average Bonchev–Trinajstić information content (AvgIpc) is 4.14. The van der Waals surface area contributed by atoms with E-state index >= 15 is 0 Å². The van der Waals surface area contributed by atoms with Gasteiger partial charge in [0.1, 0.15) is 23.7 Å². The maximum absolute atomic E-state index is 14.5. The van der Waals surface area contributed by atoms with Gasteiger partial charge < -0.3 is 49.3 Å². The number of amides is 4. The van der Waals surface area contributed by atoms with Crippen molar-refractivity contribution in [2.75, 3.05) is 54.2 Å². The number of carbonyl (C=O) groups is 4. The monoisotopic (exact) mass is 886 g/mol. The van der Waals surface area contributed by atoms with Crippen molar-refractivity contribution in [1.29, 1.82) is 0 Å². The van der Waals surface area contributed by atoms with Gasteiger partial charge in [0, 0.05) is 50.1 Å². The minimum Gasteiger partial charge on any atom is -0.453 e. The van der Waals surface area contributed by atoms with Crippen molar-refractivity contribution in [3.8, 4) is 11.1 Å². The van der Waals surface area contributed by atoms with Crippen LogP contribution in [-0.2, 0) is 28.5 Å². The topological polar surface area (TPSA) is 193 Å². The molecule has 3 saturated heterocycles. The number of aromatic amines is 2. The number of rotatable bonds is 11. The van der Waals surface area contributed by atoms with E-state index in [9.17, 15) is 19.2 Å². The molecule has 6 atom stereocenters. The van der Waals surface area contributed by atoms with Crippen LogP contribution in [0.2, 0.25) is 0 Å². The lowest BCUT2D eigenvalue weighted by molar-refractivity contribution is -0.137. The van der Waals surface area contributed by atoms with E-state index in [0.717, 1.165) is 67.0 Å². The number of ether oxygens (including phenoxy) is 4. The first kappa shape index (κ1) is 44.0. The molecule has 0 radical (unpaired) electrons. The SMILES string of the molecule is COCC1CC(c2nc3c(ccc4cc(-c5ccc6c(ccc7[nH]c(C8CC(C)CN8C(=O)C(NC(=O)OC)C(C)C)nc76)c5)ccc43)[nH]2)N(C(=O)C(NC(=O)OC)C2CCOCC2)C1. The molecule has 65 heavy (non-hydrogen) atoms. The van der Waals surface area contributed by atoms with Gasteiger partial charge >= 0.3 is 12.2 Å². The van der Waals surface area contributed by atoms with E-state index < -0.39 is 24.3 Å². The van der Waals surface area contributed by atoms with Crippen LogP contribution >= 0.6 is 0 Å². The van der Waals surface area contributed by atoms with Crippen molar-refractivity contribution in [3.63, 3.8) is 0 Å². The highest BCUT2D eigenvalue weighted by molar-refractivity contribution is 6.07. The van der Waals surface area contributed by atoms with Crippen LogP contribution in [0.4, 0.5) is 9.59 Å². The predicted octanol–water partition coefficient (Wildman–Crippen LogP) is 7.39. The first-order valence-electron chi connectivity index (χ1n) is 22.7. The van der Waals surface area contributed by atoms with Gasteiger partial charge in [-0.15, -0.1) is 0 Å². The summed E-state index contributed by atoms with van der Waals surface area (Å²) < 4.78 is 20.9. The minimum atomic E-state index is -0.748. The molecule has 4 N–H and O–H groups in total. The molecule has 3 fully saturated rings. The highest BCUT2D eigenvalue weighted by Crippen LogP contribution is 2.40. The van der Waals surface area contributed by atoms with Crippen molar-refractivity contribution in [3.05, 3.63) is 72.3 Å². The van der Waals surface area contributed by atoms with E-state index in [2.05, 4.69) is 76.1 Å².